The summed E-state index contributed by atoms with van der Waals surface area (Å²) in [6.07, 6.45) is 1.91. The number of hydrogen-bond acceptors (Lipinski definition) is 2. The third kappa shape index (κ3) is 4.98. The van der Waals surface area contributed by atoms with Gasteiger partial charge in [0.25, 0.3) is 0 Å². The van der Waals surface area contributed by atoms with E-state index in [-0.39, 0.29) is 0 Å². The van der Waals surface area contributed by atoms with Crippen LogP contribution in [0.5, 0.6) is 0 Å². The Bertz CT molecular complexity index is 941. The zero-order valence-corrected chi connectivity index (χ0v) is 17.7. The van der Waals surface area contributed by atoms with Crippen molar-refractivity contribution < 1.29 is 0 Å². The van der Waals surface area contributed by atoms with Gasteiger partial charge in [-0.05, 0) is 58.8 Å². The lowest BCUT2D eigenvalue weighted by molar-refractivity contribution is 0.689. The SMILES string of the molecule is Cc1ccc(Cn2cc(Br)c(NC(=S)Nc3ccc(Cl)c(Cl)c3)n2)cc1. The van der Waals surface area contributed by atoms with E-state index in [2.05, 4.69) is 62.9 Å². The molecule has 0 saturated heterocycles. The van der Waals surface area contributed by atoms with Crippen molar-refractivity contribution in [2.24, 2.45) is 0 Å². The fourth-order valence-electron chi connectivity index (χ4n) is 2.29. The van der Waals surface area contributed by atoms with E-state index in [4.69, 9.17) is 35.4 Å². The molecule has 26 heavy (non-hydrogen) atoms. The second kappa shape index (κ2) is 8.39. The number of benzene rings is 2. The first-order chi connectivity index (χ1) is 12.4. The highest BCUT2D eigenvalue weighted by molar-refractivity contribution is 9.10. The van der Waals surface area contributed by atoms with Crippen molar-refractivity contribution in [3.05, 3.63) is 74.3 Å². The predicted octanol–water partition coefficient (Wildman–Crippen LogP) is 6.12. The number of rotatable bonds is 4. The van der Waals surface area contributed by atoms with Gasteiger partial charge in [-0.2, -0.15) is 5.10 Å². The number of anilines is 2. The van der Waals surface area contributed by atoms with E-state index in [1.807, 2.05) is 10.9 Å². The van der Waals surface area contributed by atoms with Crippen LogP contribution in [-0.2, 0) is 6.54 Å². The lowest BCUT2D eigenvalue weighted by atomic mass is 10.1. The monoisotopic (exact) mass is 468 g/mol. The van der Waals surface area contributed by atoms with Gasteiger partial charge in [0.2, 0.25) is 0 Å². The van der Waals surface area contributed by atoms with Gasteiger partial charge in [0, 0.05) is 11.9 Å². The summed E-state index contributed by atoms with van der Waals surface area (Å²) < 4.78 is 2.67. The molecule has 0 bridgehead atoms. The molecule has 4 nitrogen and oxygen atoms in total. The van der Waals surface area contributed by atoms with Crippen LogP contribution in [0.15, 0.2) is 53.1 Å². The molecule has 3 rings (SSSR count). The molecule has 0 aliphatic carbocycles. The number of aryl methyl sites for hydroxylation is 1. The van der Waals surface area contributed by atoms with Crippen LogP contribution >= 0.6 is 51.3 Å². The Morgan fingerprint density at radius 1 is 1.12 bits per heavy atom. The van der Waals surface area contributed by atoms with Gasteiger partial charge in [0.05, 0.1) is 21.1 Å². The maximum Gasteiger partial charge on any atom is 0.176 e. The van der Waals surface area contributed by atoms with Gasteiger partial charge in [0.15, 0.2) is 10.9 Å². The molecule has 0 amide bonds. The quantitative estimate of drug-likeness (QED) is 0.451. The molecule has 0 atom stereocenters. The first-order valence-electron chi connectivity index (χ1n) is 7.72. The molecule has 0 saturated carbocycles. The molecule has 0 radical (unpaired) electrons. The Balaban J connectivity index is 1.65. The minimum absolute atomic E-state index is 0.407. The fraction of sp³-hybridized carbons (Fsp3) is 0.111. The highest BCUT2D eigenvalue weighted by Gasteiger charge is 2.09. The summed E-state index contributed by atoms with van der Waals surface area (Å²) in [7, 11) is 0. The van der Waals surface area contributed by atoms with Crippen LogP contribution in [-0.4, -0.2) is 14.9 Å². The van der Waals surface area contributed by atoms with Gasteiger partial charge < -0.3 is 10.6 Å². The first-order valence-corrected chi connectivity index (χ1v) is 9.68. The molecule has 2 N–H and O–H groups in total. The van der Waals surface area contributed by atoms with Gasteiger partial charge in [-0.15, -0.1) is 0 Å². The Kier molecular flexibility index (Phi) is 6.19. The third-order valence-electron chi connectivity index (χ3n) is 3.59. The molecule has 1 heterocycles. The zero-order chi connectivity index (χ0) is 18.7. The number of nitrogens with one attached hydrogen (secondary N) is 2. The first kappa shape index (κ1) is 19.2. The highest BCUT2D eigenvalue weighted by atomic mass is 79.9. The second-order valence-corrected chi connectivity index (χ2v) is 7.79. The summed E-state index contributed by atoms with van der Waals surface area (Å²) in [5, 5.41) is 12.0. The zero-order valence-electron chi connectivity index (χ0n) is 13.8. The summed E-state index contributed by atoms with van der Waals surface area (Å²) in [4.78, 5) is 0. The van der Waals surface area contributed by atoms with Crippen molar-refractivity contribution in [3.63, 3.8) is 0 Å². The van der Waals surface area contributed by atoms with Crippen LogP contribution in [0, 0.1) is 6.92 Å². The van der Waals surface area contributed by atoms with Crippen molar-refractivity contribution in [1.29, 1.82) is 0 Å². The summed E-state index contributed by atoms with van der Waals surface area (Å²) in [6.45, 7) is 2.74. The molecule has 1 aromatic heterocycles. The van der Waals surface area contributed by atoms with Crippen molar-refractivity contribution in [1.82, 2.24) is 9.78 Å². The number of halogens is 3. The van der Waals surface area contributed by atoms with E-state index in [1.54, 1.807) is 18.2 Å². The van der Waals surface area contributed by atoms with E-state index in [9.17, 15) is 0 Å². The van der Waals surface area contributed by atoms with Crippen LogP contribution < -0.4 is 10.6 Å². The van der Waals surface area contributed by atoms with Gasteiger partial charge in [-0.3, -0.25) is 4.68 Å². The lowest BCUT2D eigenvalue weighted by Crippen LogP contribution is -2.19. The molecule has 3 aromatic rings. The maximum absolute atomic E-state index is 6.01. The molecule has 2 aromatic carbocycles. The molecule has 0 fully saturated rings. The van der Waals surface area contributed by atoms with Crippen molar-refractivity contribution in [2.75, 3.05) is 10.6 Å². The van der Waals surface area contributed by atoms with Crippen molar-refractivity contribution in [2.45, 2.75) is 13.5 Å². The third-order valence-corrected chi connectivity index (χ3v) is 5.12. The normalized spacial score (nSPS) is 10.6. The summed E-state index contributed by atoms with van der Waals surface area (Å²) in [5.74, 6) is 0.634. The van der Waals surface area contributed by atoms with Crippen molar-refractivity contribution in [3.8, 4) is 0 Å². The lowest BCUT2D eigenvalue weighted by Gasteiger charge is -2.09. The Labute approximate surface area is 175 Å². The van der Waals surface area contributed by atoms with E-state index >= 15 is 0 Å². The number of aromatic nitrogens is 2. The average molecular weight is 470 g/mol. The molecule has 134 valence electrons. The highest BCUT2D eigenvalue weighted by Crippen LogP contribution is 2.25. The molecule has 8 heteroatoms. The van der Waals surface area contributed by atoms with Crippen LogP contribution in [0.2, 0.25) is 10.0 Å². The predicted molar refractivity (Wildman–Crippen MR) is 117 cm³/mol. The Hall–Kier alpha value is -1.60. The molecular weight excluding hydrogens is 455 g/mol. The summed E-state index contributed by atoms with van der Waals surface area (Å²) in [6, 6.07) is 13.6. The van der Waals surface area contributed by atoms with Crippen LogP contribution in [0.4, 0.5) is 11.5 Å². The van der Waals surface area contributed by atoms with Crippen molar-refractivity contribution >= 4 is 68.0 Å². The second-order valence-electron chi connectivity index (χ2n) is 5.72. The largest absolute Gasteiger partial charge is 0.332 e. The molecule has 0 aliphatic heterocycles. The average Bonchev–Trinajstić information content (AvgIpc) is 2.92. The standard InChI is InChI=1S/C18H15BrCl2N4S/c1-11-2-4-12(5-3-11)9-25-10-14(19)17(24-25)23-18(26)22-13-6-7-15(20)16(21)8-13/h2-8,10H,9H2,1H3,(H2,22,23,24,26). The molecule has 0 unspecified atom stereocenters. The number of thiocarbonyl (C=S) groups is 1. The van der Waals surface area contributed by atoms with Gasteiger partial charge in [-0.1, -0.05) is 53.0 Å². The molecule has 0 spiro atoms. The minimum atomic E-state index is 0.407. The smallest absolute Gasteiger partial charge is 0.176 e. The van der Waals surface area contributed by atoms with E-state index in [0.717, 1.165) is 10.2 Å². The summed E-state index contributed by atoms with van der Waals surface area (Å²) in [5.41, 5.74) is 3.15. The van der Waals surface area contributed by atoms with E-state index in [1.165, 1.54) is 11.1 Å². The summed E-state index contributed by atoms with van der Waals surface area (Å²) >= 11 is 20.8. The molecular formula is C18H15BrCl2N4S. The van der Waals surface area contributed by atoms with E-state index in [0.29, 0.717) is 27.5 Å². The van der Waals surface area contributed by atoms with Gasteiger partial charge in [0.1, 0.15) is 0 Å². The number of nitrogens with zero attached hydrogens (tertiary/aromatic N) is 2. The van der Waals surface area contributed by atoms with E-state index < -0.39 is 0 Å². The Morgan fingerprint density at radius 2 is 1.85 bits per heavy atom. The van der Waals surface area contributed by atoms with Crippen LogP contribution in [0.25, 0.3) is 0 Å². The van der Waals surface area contributed by atoms with Crippen LogP contribution in [0.3, 0.4) is 0 Å². The maximum atomic E-state index is 6.01. The Morgan fingerprint density at radius 3 is 2.54 bits per heavy atom. The fourth-order valence-corrected chi connectivity index (χ4v) is 3.21. The molecule has 0 aliphatic rings. The number of hydrogen-bond donors (Lipinski definition) is 2. The van der Waals surface area contributed by atoms with Gasteiger partial charge in [-0.25, -0.2) is 0 Å². The minimum Gasteiger partial charge on any atom is -0.332 e. The van der Waals surface area contributed by atoms with Gasteiger partial charge >= 0.3 is 0 Å². The van der Waals surface area contributed by atoms with Crippen LogP contribution in [0.1, 0.15) is 11.1 Å². The topological polar surface area (TPSA) is 41.9 Å².